The molecule has 1 aliphatic rings. The first kappa shape index (κ1) is 18.9. The zero-order valence-electron chi connectivity index (χ0n) is 16.4. The van der Waals surface area contributed by atoms with E-state index in [1.165, 1.54) is 26.9 Å². The molecule has 3 aromatic rings. The Balaban J connectivity index is 1.79. The first-order chi connectivity index (χ1) is 14.1. The van der Waals surface area contributed by atoms with Crippen LogP contribution in [0.4, 0.5) is 0 Å². The molecule has 3 aromatic heterocycles. The minimum atomic E-state index is -0.432. The Kier molecular flexibility index (Phi) is 5.16. The number of ether oxygens (including phenoxy) is 2. The van der Waals surface area contributed by atoms with E-state index in [2.05, 4.69) is 26.1 Å². The number of hydrogen-bond acceptors (Lipinski definition) is 7. The van der Waals surface area contributed by atoms with E-state index < -0.39 is 5.97 Å². The van der Waals surface area contributed by atoms with Crippen LogP contribution in [-0.2, 0) is 4.79 Å². The van der Waals surface area contributed by atoms with Crippen LogP contribution < -0.4 is 9.47 Å². The molecule has 0 amide bonds. The van der Waals surface area contributed by atoms with Crippen LogP contribution in [0.3, 0.4) is 0 Å². The van der Waals surface area contributed by atoms with E-state index in [0.717, 1.165) is 18.4 Å². The Morgan fingerprint density at radius 1 is 1.41 bits per heavy atom. The normalized spacial score (nSPS) is 15.3. The minimum Gasteiger partial charge on any atom is -0.467 e. The molecule has 3 heterocycles. The fourth-order valence-corrected chi connectivity index (χ4v) is 4.07. The Bertz CT molecular complexity index is 1070. The van der Waals surface area contributed by atoms with Crippen molar-refractivity contribution in [1.82, 2.24) is 24.7 Å². The highest BCUT2D eigenvalue weighted by atomic mass is 16.5. The number of hydrogen-bond donors (Lipinski definition) is 1. The van der Waals surface area contributed by atoms with Gasteiger partial charge in [-0.2, -0.15) is 20.3 Å². The predicted octanol–water partition coefficient (Wildman–Crippen LogP) is 3.40. The van der Waals surface area contributed by atoms with Gasteiger partial charge in [0.15, 0.2) is 5.75 Å². The number of carbonyl (C=O) groups is 1. The monoisotopic (exact) mass is 394 g/mol. The van der Waals surface area contributed by atoms with Gasteiger partial charge in [-0.1, -0.05) is 12.8 Å². The molecule has 1 fully saturated rings. The van der Waals surface area contributed by atoms with Crippen LogP contribution in [0.15, 0.2) is 18.6 Å². The maximum absolute atomic E-state index is 11.5. The first-order valence-corrected chi connectivity index (χ1v) is 9.63. The smallest absolute Gasteiger partial charge is 0.318 e. The Morgan fingerprint density at radius 2 is 2.21 bits per heavy atom. The first-order valence-electron chi connectivity index (χ1n) is 9.63. The molecule has 1 saturated carbocycles. The van der Waals surface area contributed by atoms with Crippen LogP contribution in [0.1, 0.15) is 45.1 Å². The molecule has 0 bridgehead atoms. The molecule has 150 valence electrons. The van der Waals surface area contributed by atoms with Gasteiger partial charge in [0, 0.05) is 24.9 Å². The lowest BCUT2D eigenvalue weighted by Gasteiger charge is -2.21. The van der Waals surface area contributed by atoms with Crippen molar-refractivity contribution in [2.75, 3.05) is 7.11 Å². The highest BCUT2D eigenvalue weighted by molar-refractivity contribution is 5.97. The number of nitriles is 1. The number of methoxy groups -OCH3 is 1. The number of carbonyl (C=O) groups excluding carboxylic acids is 1. The van der Waals surface area contributed by atoms with Gasteiger partial charge in [-0.3, -0.25) is 9.48 Å². The molecule has 0 saturated heterocycles. The molecule has 4 rings (SSSR count). The summed E-state index contributed by atoms with van der Waals surface area (Å²) in [6, 6.07) is 2.53. The van der Waals surface area contributed by atoms with E-state index in [4.69, 9.17) is 9.47 Å². The zero-order chi connectivity index (χ0) is 20.4. The molecule has 1 atom stereocenters. The summed E-state index contributed by atoms with van der Waals surface area (Å²) >= 11 is 0. The summed E-state index contributed by atoms with van der Waals surface area (Å²) in [4.78, 5) is 23.3. The second-order valence-electron chi connectivity index (χ2n) is 7.21. The molecule has 0 unspecified atom stereocenters. The van der Waals surface area contributed by atoms with Crippen LogP contribution in [-0.4, -0.2) is 37.8 Å². The van der Waals surface area contributed by atoms with Gasteiger partial charge in [0.2, 0.25) is 0 Å². The van der Waals surface area contributed by atoms with Crippen molar-refractivity contribution in [2.24, 2.45) is 5.92 Å². The number of esters is 1. The van der Waals surface area contributed by atoms with Gasteiger partial charge in [-0.15, -0.1) is 0 Å². The van der Waals surface area contributed by atoms with Crippen molar-refractivity contribution in [1.29, 1.82) is 5.26 Å². The van der Waals surface area contributed by atoms with Crippen molar-refractivity contribution >= 4 is 17.0 Å². The topological polar surface area (TPSA) is 119 Å². The summed E-state index contributed by atoms with van der Waals surface area (Å²) < 4.78 is 12.4. The minimum absolute atomic E-state index is 0.0367. The summed E-state index contributed by atoms with van der Waals surface area (Å²) in [5.41, 5.74) is 1.79. The molecule has 0 spiro atoms. The van der Waals surface area contributed by atoms with Crippen molar-refractivity contribution in [3.8, 4) is 29.1 Å². The number of aromatic nitrogens is 5. The van der Waals surface area contributed by atoms with E-state index in [1.807, 2.05) is 10.9 Å². The fourth-order valence-electron chi connectivity index (χ4n) is 4.07. The van der Waals surface area contributed by atoms with Crippen LogP contribution in [0.5, 0.6) is 11.8 Å². The lowest BCUT2D eigenvalue weighted by molar-refractivity contribution is -0.131. The SMILES string of the molecule is COc1nc(-c2cnn([C@H](CC#N)C3CCCC3)c2)c2c(OC(C)=O)c[nH]c2n1. The van der Waals surface area contributed by atoms with Gasteiger partial charge in [0.1, 0.15) is 5.65 Å². The standard InChI is InChI=1S/C20H22N6O3/c1-12(27)29-16-10-22-19-17(16)18(24-20(25-19)28-2)14-9-23-26(11-14)15(7-8-21)13-5-3-4-6-13/h9-11,13,15H,3-7H2,1-2H3,(H,22,24,25)/t15-/m1/s1. The van der Waals surface area contributed by atoms with Gasteiger partial charge in [-0.05, 0) is 18.8 Å². The van der Waals surface area contributed by atoms with E-state index in [-0.39, 0.29) is 12.1 Å². The van der Waals surface area contributed by atoms with E-state index in [9.17, 15) is 10.1 Å². The number of aromatic amines is 1. The Hall–Kier alpha value is -3.41. The molecule has 29 heavy (non-hydrogen) atoms. The molecule has 1 N–H and O–H groups in total. The summed E-state index contributed by atoms with van der Waals surface area (Å²) in [5, 5.41) is 14.4. The van der Waals surface area contributed by atoms with E-state index in [0.29, 0.717) is 34.8 Å². The fraction of sp³-hybridized carbons (Fsp3) is 0.450. The maximum Gasteiger partial charge on any atom is 0.318 e. The molecular weight excluding hydrogens is 372 g/mol. The third-order valence-electron chi connectivity index (χ3n) is 5.37. The number of rotatable bonds is 6. The highest BCUT2D eigenvalue weighted by Gasteiger charge is 2.27. The van der Waals surface area contributed by atoms with Gasteiger partial charge in [0.05, 0.1) is 42.9 Å². The third-order valence-corrected chi connectivity index (χ3v) is 5.37. The molecule has 9 heteroatoms. The molecule has 1 aliphatic carbocycles. The summed E-state index contributed by atoms with van der Waals surface area (Å²) in [5.74, 6) is 0.368. The number of H-pyrrole nitrogens is 1. The van der Waals surface area contributed by atoms with E-state index in [1.54, 1.807) is 12.4 Å². The van der Waals surface area contributed by atoms with Crippen molar-refractivity contribution in [3.63, 3.8) is 0 Å². The van der Waals surface area contributed by atoms with Crippen LogP contribution in [0.25, 0.3) is 22.3 Å². The molecule has 0 radical (unpaired) electrons. The molecule has 0 aromatic carbocycles. The second kappa shape index (κ2) is 7.91. The quantitative estimate of drug-likeness (QED) is 0.636. The Labute approximate surface area is 167 Å². The third kappa shape index (κ3) is 3.66. The zero-order valence-corrected chi connectivity index (χ0v) is 16.4. The summed E-state index contributed by atoms with van der Waals surface area (Å²) in [7, 11) is 1.49. The summed E-state index contributed by atoms with van der Waals surface area (Å²) in [6.45, 7) is 1.34. The van der Waals surface area contributed by atoms with Crippen LogP contribution >= 0.6 is 0 Å². The lowest BCUT2D eigenvalue weighted by Crippen LogP contribution is -2.17. The van der Waals surface area contributed by atoms with Crippen LogP contribution in [0.2, 0.25) is 0 Å². The average Bonchev–Trinajstić information content (AvgIpc) is 3.46. The highest BCUT2D eigenvalue weighted by Crippen LogP contribution is 2.38. The number of fused-ring (bicyclic) bond motifs is 1. The van der Waals surface area contributed by atoms with Gasteiger partial charge in [0.25, 0.3) is 0 Å². The largest absolute Gasteiger partial charge is 0.467 e. The van der Waals surface area contributed by atoms with Crippen molar-refractivity contribution in [3.05, 3.63) is 18.6 Å². The van der Waals surface area contributed by atoms with Crippen LogP contribution in [0, 0.1) is 17.2 Å². The van der Waals surface area contributed by atoms with Gasteiger partial charge >= 0.3 is 12.0 Å². The number of nitrogens with zero attached hydrogens (tertiary/aromatic N) is 5. The lowest BCUT2D eigenvalue weighted by atomic mass is 9.96. The van der Waals surface area contributed by atoms with Gasteiger partial charge < -0.3 is 14.5 Å². The number of nitrogens with one attached hydrogen (secondary N) is 1. The average molecular weight is 394 g/mol. The van der Waals surface area contributed by atoms with Crippen molar-refractivity contribution < 1.29 is 14.3 Å². The predicted molar refractivity (Wildman–Crippen MR) is 104 cm³/mol. The molecule has 9 nitrogen and oxygen atoms in total. The molecule has 0 aliphatic heterocycles. The molecular formula is C20H22N6O3. The maximum atomic E-state index is 11.5. The van der Waals surface area contributed by atoms with Crippen molar-refractivity contribution in [2.45, 2.75) is 45.1 Å². The van der Waals surface area contributed by atoms with E-state index >= 15 is 0 Å². The summed E-state index contributed by atoms with van der Waals surface area (Å²) in [6.07, 6.45) is 10.2. The van der Waals surface area contributed by atoms with Gasteiger partial charge in [-0.25, -0.2) is 0 Å². The Morgan fingerprint density at radius 3 is 2.90 bits per heavy atom. The second-order valence-corrected chi connectivity index (χ2v) is 7.21.